The van der Waals surface area contributed by atoms with E-state index in [2.05, 4.69) is 17.2 Å². The van der Waals surface area contributed by atoms with E-state index in [9.17, 15) is 9.59 Å². The molecule has 1 atom stereocenters. The van der Waals surface area contributed by atoms with Crippen molar-refractivity contribution in [3.8, 4) is 0 Å². The molecule has 0 unspecified atom stereocenters. The molecule has 2 aliphatic rings. The summed E-state index contributed by atoms with van der Waals surface area (Å²) in [5.41, 5.74) is 0.359. The maximum Gasteiger partial charge on any atom is 0.276 e. The average molecular weight is 376 g/mol. The number of carbonyl (C=O) groups excluding carboxylic acids is 2. The molecule has 7 nitrogen and oxygen atoms in total. The van der Waals surface area contributed by atoms with Crippen molar-refractivity contribution in [1.82, 2.24) is 24.8 Å². The number of unbranched alkanes of at least 4 members (excludes halogenated alkanes) is 1. The van der Waals surface area contributed by atoms with Gasteiger partial charge in [0, 0.05) is 26.7 Å². The molecular formula is C20H33N5O2. The van der Waals surface area contributed by atoms with Gasteiger partial charge in [0.25, 0.3) is 5.91 Å². The number of nitrogens with zero attached hydrogens (tertiary/aromatic N) is 5. The van der Waals surface area contributed by atoms with Crippen LogP contribution in [0.3, 0.4) is 0 Å². The third kappa shape index (κ3) is 4.87. The molecule has 0 N–H and O–H groups in total. The summed E-state index contributed by atoms with van der Waals surface area (Å²) in [5, 5.41) is 8.27. The first-order chi connectivity index (χ1) is 13.1. The summed E-state index contributed by atoms with van der Waals surface area (Å²) in [4.78, 5) is 29.0. The Bertz CT molecular complexity index is 638. The van der Waals surface area contributed by atoms with Gasteiger partial charge in [0.2, 0.25) is 5.91 Å². The van der Waals surface area contributed by atoms with Gasteiger partial charge in [0.15, 0.2) is 5.69 Å². The van der Waals surface area contributed by atoms with E-state index in [-0.39, 0.29) is 17.9 Å². The summed E-state index contributed by atoms with van der Waals surface area (Å²) >= 11 is 0. The molecule has 1 saturated carbocycles. The normalized spacial score (nSPS) is 21.7. The van der Waals surface area contributed by atoms with Crippen LogP contribution in [0.2, 0.25) is 0 Å². The summed E-state index contributed by atoms with van der Waals surface area (Å²) in [6.45, 7) is 4.04. The van der Waals surface area contributed by atoms with Gasteiger partial charge >= 0.3 is 0 Å². The highest BCUT2D eigenvalue weighted by Crippen LogP contribution is 2.26. The SMILES string of the molecule is CCCC[C@H]1C(=O)N(C)CCN1C(=O)c1cn(CCC2CCCCC2)nn1. The lowest BCUT2D eigenvalue weighted by atomic mass is 9.87. The van der Waals surface area contributed by atoms with Crippen molar-refractivity contribution in [2.24, 2.45) is 5.92 Å². The Hall–Kier alpha value is -1.92. The fraction of sp³-hybridized carbons (Fsp3) is 0.800. The highest BCUT2D eigenvalue weighted by molar-refractivity contribution is 5.96. The summed E-state index contributed by atoms with van der Waals surface area (Å²) in [6, 6.07) is -0.372. The smallest absolute Gasteiger partial charge is 0.276 e. The number of piperazine rings is 1. The van der Waals surface area contributed by atoms with Gasteiger partial charge in [-0.3, -0.25) is 14.3 Å². The van der Waals surface area contributed by atoms with Gasteiger partial charge in [0.1, 0.15) is 6.04 Å². The van der Waals surface area contributed by atoms with Crippen molar-refractivity contribution in [1.29, 1.82) is 0 Å². The van der Waals surface area contributed by atoms with Gasteiger partial charge in [-0.1, -0.05) is 57.1 Å². The molecule has 7 heteroatoms. The molecule has 0 radical (unpaired) electrons. The molecule has 1 aromatic heterocycles. The molecule has 1 saturated heterocycles. The largest absolute Gasteiger partial charge is 0.342 e. The monoisotopic (exact) mass is 375 g/mol. The van der Waals surface area contributed by atoms with Crippen LogP contribution in [0.5, 0.6) is 0 Å². The number of carbonyl (C=O) groups is 2. The van der Waals surface area contributed by atoms with Crippen LogP contribution in [0.25, 0.3) is 0 Å². The summed E-state index contributed by atoms with van der Waals surface area (Å²) < 4.78 is 1.79. The summed E-state index contributed by atoms with van der Waals surface area (Å²) in [5.74, 6) is 0.644. The Morgan fingerprint density at radius 3 is 2.70 bits per heavy atom. The van der Waals surface area contributed by atoms with Crippen molar-refractivity contribution < 1.29 is 9.59 Å². The van der Waals surface area contributed by atoms with Crippen LogP contribution in [0.4, 0.5) is 0 Å². The Balaban J connectivity index is 1.61. The molecule has 150 valence electrons. The minimum absolute atomic E-state index is 0.0349. The number of hydrogen-bond acceptors (Lipinski definition) is 4. The van der Waals surface area contributed by atoms with Gasteiger partial charge in [0.05, 0.1) is 6.20 Å². The van der Waals surface area contributed by atoms with E-state index in [4.69, 9.17) is 0 Å². The van der Waals surface area contributed by atoms with Crippen LogP contribution >= 0.6 is 0 Å². The number of hydrogen-bond donors (Lipinski definition) is 0. The Morgan fingerprint density at radius 2 is 1.96 bits per heavy atom. The summed E-state index contributed by atoms with van der Waals surface area (Å²) in [7, 11) is 1.81. The fourth-order valence-corrected chi connectivity index (χ4v) is 4.27. The lowest BCUT2D eigenvalue weighted by Gasteiger charge is -2.38. The Labute approximate surface area is 162 Å². The highest BCUT2D eigenvalue weighted by atomic mass is 16.2. The third-order valence-electron chi connectivity index (χ3n) is 6.05. The Morgan fingerprint density at radius 1 is 1.19 bits per heavy atom. The third-order valence-corrected chi connectivity index (χ3v) is 6.05. The first-order valence-electron chi connectivity index (χ1n) is 10.6. The topological polar surface area (TPSA) is 71.3 Å². The number of aryl methyl sites for hydroxylation is 1. The summed E-state index contributed by atoms with van der Waals surface area (Å²) in [6.07, 6.45) is 12.2. The molecule has 1 aliphatic heterocycles. The van der Waals surface area contributed by atoms with E-state index in [1.54, 1.807) is 20.7 Å². The van der Waals surface area contributed by atoms with Crippen LogP contribution in [-0.2, 0) is 11.3 Å². The number of rotatable bonds is 7. The lowest BCUT2D eigenvalue weighted by molar-refractivity contribution is -0.138. The maximum absolute atomic E-state index is 13.0. The molecule has 1 aliphatic carbocycles. The predicted molar refractivity (Wildman–Crippen MR) is 103 cm³/mol. The quantitative estimate of drug-likeness (QED) is 0.735. The second kappa shape index (κ2) is 9.33. The van der Waals surface area contributed by atoms with E-state index >= 15 is 0 Å². The molecule has 2 fully saturated rings. The van der Waals surface area contributed by atoms with E-state index in [0.717, 1.165) is 31.7 Å². The van der Waals surface area contributed by atoms with E-state index in [1.165, 1.54) is 32.1 Å². The number of amides is 2. The van der Waals surface area contributed by atoms with Gasteiger partial charge < -0.3 is 9.80 Å². The predicted octanol–water partition coefficient (Wildman–Crippen LogP) is 2.72. The van der Waals surface area contributed by atoms with Crippen LogP contribution < -0.4 is 0 Å². The van der Waals surface area contributed by atoms with Crippen molar-refractivity contribution >= 4 is 11.8 Å². The molecule has 0 aromatic carbocycles. The maximum atomic E-state index is 13.0. The van der Waals surface area contributed by atoms with Crippen molar-refractivity contribution in [3.05, 3.63) is 11.9 Å². The lowest BCUT2D eigenvalue weighted by Crippen LogP contribution is -2.57. The second-order valence-electron chi connectivity index (χ2n) is 8.08. The number of aromatic nitrogens is 3. The van der Waals surface area contributed by atoms with Crippen LogP contribution in [0.1, 0.15) is 75.2 Å². The second-order valence-corrected chi connectivity index (χ2v) is 8.08. The van der Waals surface area contributed by atoms with Crippen LogP contribution in [0.15, 0.2) is 6.20 Å². The molecule has 3 rings (SSSR count). The molecular weight excluding hydrogens is 342 g/mol. The minimum Gasteiger partial charge on any atom is -0.342 e. The standard InChI is InChI=1S/C20H33N5O2/c1-3-4-10-18-20(27)23(2)13-14-25(18)19(26)17-15-24(22-21-17)12-11-16-8-6-5-7-9-16/h15-16,18H,3-14H2,1-2H3/t18-/m0/s1. The zero-order valence-electron chi connectivity index (χ0n) is 16.8. The zero-order valence-corrected chi connectivity index (χ0v) is 16.8. The van der Waals surface area contributed by atoms with Crippen molar-refractivity contribution in [2.45, 2.75) is 77.3 Å². The van der Waals surface area contributed by atoms with Crippen molar-refractivity contribution in [2.75, 3.05) is 20.1 Å². The van der Waals surface area contributed by atoms with Gasteiger partial charge in [-0.2, -0.15) is 0 Å². The first-order valence-corrected chi connectivity index (χ1v) is 10.6. The molecule has 0 bridgehead atoms. The molecule has 0 spiro atoms. The van der Waals surface area contributed by atoms with Crippen LogP contribution in [-0.4, -0.2) is 62.8 Å². The molecule has 2 amide bonds. The zero-order chi connectivity index (χ0) is 19.2. The van der Waals surface area contributed by atoms with E-state index in [1.807, 2.05) is 7.05 Å². The van der Waals surface area contributed by atoms with E-state index in [0.29, 0.717) is 25.2 Å². The highest BCUT2D eigenvalue weighted by Gasteiger charge is 2.36. The molecule has 1 aromatic rings. The van der Waals surface area contributed by atoms with Crippen molar-refractivity contribution in [3.63, 3.8) is 0 Å². The fourth-order valence-electron chi connectivity index (χ4n) is 4.27. The molecule has 2 heterocycles. The van der Waals surface area contributed by atoms with Gasteiger partial charge in [-0.05, 0) is 18.8 Å². The minimum atomic E-state index is -0.372. The molecule has 27 heavy (non-hydrogen) atoms. The average Bonchev–Trinajstić information content (AvgIpc) is 3.17. The number of likely N-dealkylation sites (N-methyl/N-ethyl adjacent to an activating group) is 1. The van der Waals surface area contributed by atoms with E-state index < -0.39 is 0 Å². The van der Waals surface area contributed by atoms with Gasteiger partial charge in [-0.15, -0.1) is 5.10 Å². The Kier molecular flexibility index (Phi) is 6.85. The van der Waals surface area contributed by atoms with Crippen LogP contribution in [0, 0.1) is 5.92 Å². The first kappa shape index (κ1) is 19.8. The van der Waals surface area contributed by atoms with Gasteiger partial charge in [-0.25, -0.2) is 0 Å².